The molecule has 20 heavy (non-hydrogen) atoms. The van der Waals surface area contributed by atoms with Gasteiger partial charge in [0.25, 0.3) is 0 Å². The Morgan fingerprint density at radius 1 is 1.30 bits per heavy atom. The van der Waals surface area contributed by atoms with Crippen LogP contribution in [-0.2, 0) is 0 Å². The number of hydrogen-bond acceptors (Lipinski definition) is 2. The molecule has 1 aromatic rings. The van der Waals surface area contributed by atoms with Crippen molar-refractivity contribution >= 4 is 11.5 Å². The zero-order valence-corrected chi connectivity index (χ0v) is 12.9. The fraction of sp³-hybridized carbons (Fsp3) is 0.588. The first-order valence-corrected chi connectivity index (χ1v) is 7.46. The van der Waals surface area contributed by atoms with E-state index in [4.69, 9.17) is 0 Å². The minimum Gasteiger partial charge on any atom is -0.371 e. The summed E-state index contributed by atoms with van der Waals surface area (Å²) in [5, 5.41) is 0. The third kappa shape index (κ3) is 3.02. The second kappa shape index (κ2) is 5.94. The Morgan fingerprint density at radius 3 is 2.40 bits per heavy atom. The van der Waals surface area contributed by atoms with Gasteiger partial charge >= 0.3 is 0 Å². The van der Waals surface area contributed by atoms with E-state index in [9.17, 15) is 9.18 Å². The van der Waals surface area contributed by atoms with Gasteiger partial charge in [0.2, 0.25) is 0 Å². The van der Waals surface area contributed by atoms with Gasteiger partial charge in [0.1, 0.15) is 5.82 Å². The van der Waals surface area contributed by atoms with Crippen LogP contribution in [0.3, 0.4) is 0 Å². The second-order valence-corrected chi connectivity index (χ2v) is 6.24. The number of Topliss-reactive ketones (excluding diaryl/α,β-unsaturated/α-hetero) is 1. The quantitative estimate of drug-likeness (QED) is 0.771. The predicted molar refractivity (Wildman–Crippen MR) is 80.9 cm³/mol. The molecular formula is C17H24FNO. The van der Waals surface area contributed by atoms with E-state index in [1.54, 1.807) is 6.92 Å². The smallest absolute Gasteiger partial charge is 0.161 e. The summed E-state index contributed by atoms with van der Waals surface area (Å²) in [6.07, 6.45) is 2.29. The molecule has 0 aliphatic carbocycles. The first-order valence-electron chi connectivity index (χ1n) is 7.46. The molecule has 0 aromatic heterocycles. The number of carbonyl (C=O) groups is 1. The van der Waals surface area contributed by atoms with E-state index in [2.05, 4.69) is 18.7 Å². The summed E-state index contributed by atoms with van der Waals surface area (Å²) in [6.45, 7) is 9.70. The molecule has 0 atom stereocenters. The van der Waals surface area contributed by atoms with Crippen molar-refractivity contribution in [2.75, 3.05) is 18.0 Å². The summed E-state index contributed by atoms with van der Waals surface area (Å²) in [5.74, 6) is 1.11. The van der Waals surface area contributed by atoms with E-state index in [0.29, 0.717) is 17.0 Å². The maximum absolute atomic E-state index is 13.7. The van der Waals surface area contributed by atoms with Gasteiger partial charge in [0.15, 0.2) is 5.78 Å². The van der Waals surface area contributed by atoms with Gasteiger partial charge in [-0.1, -0.05) is 13.8 Å². The van der Waals surface area contributed by atoms with Crippen molar-refractivity contribution in [2.24, 2.45) is 11.8 Å². The molecule has 1 fully saturated rings. The van der Waals surface area contributed by atoms with Gasteiger partial charge in [-0.05, 0) is 56.2 Å². The molecule has 0 bridgehead atoms. The lowest BCUT2D eigenvalue weighted by Crippen LogP contribution is -2.36. The van der Waals surface area contributed by atoms with Crippen LogP contribution in [0.1, 0.15) is 49.5 Å². The van der Waals surface area contributed by atoms with Crippen LogP contribution in [0.5, 0.6) is 0 Å². The number of aryl methyl sites for hydroxylation is 1. The summed E-state index contributed by atoms with van der Waals surface area (Å²) >= 11 is 0. The lowest BCUT2D eigenvalue weighted by molar-refractivity contribution is 0.101. The number of benzene rings is 1. The van der Waals surface area contributed by atoms with Crippen LogP contribution in [0.15, 0.2) is 12.1 Å². The van der Waals surface area contributed by atoms with Crippen molar-refractivity contribution in [3.63, 3.8) is 0 Å². The zero-order chi connectivity index (χ0) is 14.9. The fourth-order valence-corrected chi connectivity index (χ4v) is 3.02. The van der Waals surface area contributed by atoms with E-state index in [0.717, 1.165) is 37.5 Å². The molecule has 0 saturated carbocycles. The van der Waals surface area contributed by atoms with Gasteiger partial charge in [0, 0.05) is 24.3 Å². The highest BCUT2D eigenvalue weighted by Crippen LogP contribution is 2.31. The first kappa shape index (κ1) is 15.0. The topological polar surface area (TPSA) is 20.3 Å². The molecule has 0 radical (unpaired) electrons. The van der Waals surface area contributed by atoms with Crippen LogP contribution < -0.4 is 4.90 Å². The fourth-order valence-electron chi connectivity index (χ4n) is 3.02. The van der Waals surface area contributed by atoms with Crippen LogP contribution in [-0.4, -0.2) is 18.9 Å². The van der Waals surface area contributed by atoms with E-state index in [1.807, 2.05) is 6.07 Å². The van der Waals surface area contributed by atoms with Gasteiger partial charge in [-0.15, -0.1) is 0 Å². The molecule has 0 spiro atoms. The average Bonchev–Trinajstić information content (AvgIpc) is 2.41. The predicted octanol–water partition coefficient (Wildman–Crippen LogP) is 4.21. The molecule has 2 rings (SSSR count). The molecule has 1 aliphatic heterocycles. The van der Waals surface area contributed by atoms with Crippen molar-refractivity contribution in [3.05, 3.63) is 29.1 Å². The number of halogens is 1. The normalized spacial score (nSPS) is 16.8. The van der Waals surface area contributed by atoms with Crippen molar-refractivity contribution in [1.29, 1.82) is 0 Å². The average molecular weight is 277 g/mol. The standard InChI is InChI=1S/C17H24FNO/c1-11(2)14-5-7-19(8-6-14)17-9-12(3)16(18)10-15(17)13(4)20/h9-11,14H,5-8H2,1-4H3. The minimum atomic E-state index is -0.295. The van der Waals surface area contributed by atoms with Crippen LogP contribution in [0, 0.1) is 24.6 Å². The number of piperidine rings is 1. The SMILES string of the molecule is CC(=O)c1cc(F)c(C)cc1N1CCC(C(C)C)CC1. The molecular weight excluding hydrogens is 253 g/mol. The van der Waals surface area contributed by atoms with E-state index >= 15 is 0 Å². The highest BCUT2D eigenvalue weighted by Gasteiger charge is 2.24. The third-order valence-corrected chi connectivity index (χ3v) is 4.48. The lowest BCUT2D eigenvalue weighted by Gasteiger charge is -2.36. The molecule has 1 aliphatic rings. The van der Waals surface area contributed by atoms with Crippen LogP contribution in [0.25, 0.3) is 0 Å². The maximum Gasteiger partial charge on any atom is 0.161 e. The Kier molecular flexibility index (Phi) is 4.46. The lowest BCUT2D eigenvalue weighted by atomic mass is 9.86. The van der Waals surface area contributed by atoms with E-state index < -0.39 is 0 Å². The number of rotatable bonds is 3. The van der Waals surface area contributed by atoms with Crippen molar-refractivity contribution in [1.82, 2.24) is 0 Å². The second-order valence-electron chi connectivity index (χ2n) is 6.24. The molecule has 1 aromatic carbocycles. The van der Waals surface area contributed by atoms with Crippen LogP contribution in [0.2, 0.25) is 0 Å². The number of ketones is 1. The van der Waals surface area contributed by atoms with Gasteiger partial charge in [0.05, 0.1) is 0 Å². The number of anilines is 1. The summed E-state index contributed by atoms with van der Waals surface area (Å²) in [7, 11) is 0. The Morgan fingerprint density at radius 2 is 1.90 bits per heavy atom. The zero-order valence-electron chi connectivity index (χ0n) is 12.9. The highest BCUT2D eigenvalue weighted by atomic mass is 19.1. The van der Waals surface area contributed by atoms with Gasteiger partial charge in [-0.2, -0.15) is 0 Å². The maximum atomic E-state index is 13.7. The minimum absolute atomic E-state index is 0.0649. The van der Waals surface area contributed by atoms with E-state index in [1.165, 1.54) is 13.0 Å². The van der Waals surface area contributed by atoms with Crippen LogP contribution >= 0.6 is 0 Å². The Balaban J connectivity index is 2.25. The van der Waals surface area contributed by atoms with Crippen molar-refractivity contribution in [3.8, 4) is 0 Å². The first-order chi connectivity index (χ1) is 9.40. The van der Waals surface area contributed by atoms with E-state index in [-0.39, 0.29) is 11.6 Å². The number of hydrogen-bond donors (Lipinski definition) is 0. The molecule has 3 heteroatoms. The summed E-state index contributed by atoms with van der Waals surface area (Å²) in [5.41, 5.74) is 2.02. The number of carbonyl (C=O) groups excluding carboxylic acids is 1. The molecule has 0 amide bonds. The van der Waals surface area contributed by atoms with Gasteiger partial charge in [-0.3, -0.25) is 4.79 Å². The Hall–Kier alpha value is -1.38. The third-order valence-electron chi connectivity index (χ3n) is 4.48. The molecule has 0 N–H and O–H groups in total. The summed E-state index contributed by atoms with van der Waals surface area (Å²) < 4.78 is 13.7. The van der Waals surface area contributed by atoms with Gasteiger partial charge in [-0.25, -0.2) is 4.39 Å². The summed E-state index contributed by atoms with van der Waals surface area (Å²) in [4.78, 5) is 14.0. The Labute approximate surface area is 121 Å². The summed E-state index contributed by atoms with van der Waals surface area (Å²) in [6, 6.07) is 3.21. The Bertz CT molecular complexity index is 502. The van der Waals surface area contributed by atoms with Crippen LogP contribution in [0.4, 0.5) is 10.1 Å². The molecule has 1 heterocycles. The molecule has 0 unspecified atom stereocenters. The molecule has 110 valence electrons. The van der Waals surface area contributed by atoms with Gasteiger partial charge < -0.3 is 4.90 Å². The number of nitrogens with zero attached hydrogens (tertiary/aromatic N) is 1. The monoisotopic (exact) mass is 277 g/mol. The largest absolute Gasteiger partial charge is 0.371 e. The van der Waals surface area contributed by atoms with Crippen molar-refractivity contribution in [2.45, 2.75) is 40.5 Å². The molecule has 2 nitrogen and oxygen atoms in total. The highest BCUT2D eigenvalue weighted by molar-refractivity contribution is 6.00. The van der Waals surface area contributed by atoms with Crippen molar-refractivity contribution < 1.29 is 9.18 Å². The molecule has 1 saturated heterocycles.